The zero-order valence-corrected chi connectivity index (χ0v) is 9.56. The van der Waals surface area contributed by atoms with Crippen LogP contribution in [0, 0.1) is 16.7 Å². The summed E-state index contributed by atoms with van der Waals surface area (Å²) in [7, 11) is 0. The zero-order chi connectivity index (χ0) is 11.0. The van der Waals surface area contributed by atoms with Gasteiger partial charge < -0.3 is 5.11 Å². The Kier molecular flexibility index (Phi) is 6.39. The first kappa shape index (κ1) is 13.3. The molecule has 4 heteroatoms. The number of carbonyl (C=O) groups is 1. The second kappa shape index (κ2) is 6.72. The average Bonchev–Trinajstić information content (AvgIpc) is 2.10. The minimum Gasteiger partial charge on any atom is -0.481 e. The van der Waals surface area contributed by atoms with E-state index in [0.29, 0.717) is 0 Å². The van der Waals surface area contributed by atoms with Crippen LogP contribution in [0.4, 0.5) is 0 Å². The van der Waals surface area contributed by atoms with Gasteiger partial charge in [0.2, 0.25) is 0 Å². The van der Waals surface area contributed by atoms with Crippen molar-refractivity contribution in [2.45, 2.75) is 33.1 Å². The lowest BCUT2D eigenvalue weighted by atomic mass is 9.89. The van der Waals surface area contributed by atoms with Gasteiger partial charge in [0, 0.05) is 0 Å². The Morgan fingerprint density at radius 3 is 2.64 bits per heavy atom. The molecule has 3 nitrogen and oxygen atoms in total. The maximum absolute atomic E-state index is 10.2. The largest absolute Gasteiger partial charge is 0.481 e. The number of aliphatic carboxylic acids is 1. The third-order valence-electron chi connectivity index (χ3n) is 1.87. The van der Waals surface area contributed by atoms with Crippen molar-refractivity contribution in [3.63, 3.8) is 0 Å². The topological polar surface area (TPSA) is 61.1 Å². The number of hydrogen-bond acceptors (Lipinski definition) is 3. The summed E-state index contributed by atoms with van der Waals surface area (Å²) in [4.78, 5) is 10.2. The molecule has 0 aliphatic rings. The molecule has 0 aliphatic carbocycles. The summed E-state index contributed by atoms with van der Waals surface area (Å²) in [6, 6.07) is 2.25. The maximum Gasteiger partial charge on any atom is 0.313 e. The molecule has 0 aromatic rings. The Hall–Kier alpha value is -0.690. The van der Waals surface area contributed by atoms with E-state index in [1.165, 1.54) is 11.8 Å². The Morgan fingerprint density at radius 2 is 2.14 bits per heavy atom. The first-order valence-corrected chi connectivity index (χ1v) is 5.84. The third-order valence-corrected chi connectivity index (χ3v) is 2.90. The molecular formula is C10H17NO2S. The molecule has 0 radical (unpaired) electrons. The molecule has 0 aromatic heterocycles. The zero-order valence-electron chi connectivity index (χ0n) is 8.75. The van der Waals surface area contributed by atoms with Gasteiger partial charge in [0.1, 0.15) is 0 Å². The van der Waals surface area contributed by atoms with Gasteiger partial charge in [-0.25, -0.2) is 0 Å². The molecule has 1 N–H and O–H groups in total. The Bertz CT molecular complexity index is 221. The first-order valence-electron chi connectivity index (χ1n) is 4.69. The van der Waals surface area contributed by atoms with Crippen LogP contribution in [0.2, 0.25) is 0 Å². The molecule has 80 valence electrons. The molecule has 0 aromatic carbocycles. The third kappa shape index (κ3) is 7.93. The molecule has 0 amide bonds. The van der Waals surface area contributed by atoms with Gasteiger partial charge >= 0.3 is 5.97 Å². The van der Waals surface area contributed by atoms with Crippen molar-refractivity contribution in [3.8, 4) is 6.07 Å². The van der Waals surface area contributed by atoms with E-state index in [4.69, 9.17) is 10.4 Å². The number of carboxylic acids is 1. The lowest BCUT2D eigenvalue weighted by Gasteiger charge is -2.13. The summed E-state index contributed by atoms with van der Waals surface area (Å²) in [5.41, 5.74) is -0.239. The van der Waals surface area contributed by atoms with E-state index in [9.17, 15) is 4.79 Å². The van der Waals surface area contributed by atoms with Crippen molar-refractivity contribution in [3.05, 3.63) is 0 Å². The number of hydrogen-bond donors (Lipinski definition) is 1. The van der Waals surface area contributed by atoms with Gasteiger partial charge in [-0.3, -0.25) is 4.79 Å². The Labute approximate surface area is 89.5 Å². The van der Waals surface area contributed by atoms with Gasteiger partial charge in [0.05, 0.1) is 17.2 Å². The molecule has 0 aliphatic heterocycles. The van der Waals surface area contributed by atoms with Crippen molar-refractivity contribution in [1.29, 1.82) is 5.26 Å². The van der Waals surface area contributed by atoms with Crippen LogP contribution in [0.25, 0.3) is 0 Å². The lowest BCUT2D eigenvalue weighted by molar-refractivity contribution is -0.133. The van der Waals surface area contributed by atoms with Crippen molar-refractivity contribution >= 4 is 17.7 Å². The summed E-state index contributed by atoms with van der Waals surface area (Å²) < 4.78 is 0. The van der Waals surface area contributed by atoms with E-state index in [0.717, 1.165) is 25.0 Å². The molecule has 14 heavy (non-hydrogen) atoms. The predicted octanol–water partition coefficient (Wildman–Crippen LogP) is 2.52. The number of unbranched alkanes of at least 4 members (excludes halogenated alkanes) is 1. The molecule has 0 bridgehead atoms. The average molecular weight is 215 g/mol. The van der Waals surface area contributed by atoms with E-state index in [1.54, 1.807) is 0 Å². The fourth-order valence-electron chi connectivity index (χ4n) is 0.986. The summed E-state index contributed by atoms with van der Waals surface area (Å²) in [6.45, 7) is 3.86. The van der Waals surface area contributed by atoms with Gasteiger partial charge in [-0.15, -0.1) is 0 Å². The monoisotopic (exact) mass is 215 g/mol. The molecule has 0 fully saturated rings. The number of nitriles is 1. The molecule has 0 saturated heterocycles. The van der Waals surface area contributed by atoms with Crippen LogP contribution in [0.15, 0.2) is 0 Å². The second-order valence-electron chi connectivity index (χ2n) is 3.90. The van der Waals surface area contributed by atoms with Crippen LogP contribution < -0.4 is 0 Å². The molecule has 0 spiro atoms. The maximum atomic E-state index is 10.2. The van der Waals surface area contributed by atoms with Crippen molar-refractivity contribution < 1.29 is 9.90 Å². The minimum absolute atomic E-state index is 0.182. The van der Waals surface area contributed by atoms with Gasteiger partial charge in [0.15, 0.2) is 0 Å². The van der Waals surface area contributed by atoms with Gasteiger partial charge in [-0.05, 0) is 32.4 Å². The second-order valence-corrected chi connectivity index (χ2v) is 5.00. The van der Waals surface area contributed by atoms with E-state index in [-0.39, 0.29) is 11.2 Å². The summed E-state index contributed by atoms with van der Waals surface area (Å²) in [5, 5.41) is 17.1. The molecule has 0 saturated carbocycles. The van der Waals surface area contributed by atoms with Gasteiger partial charge in [-0.2, -0.15) is 17.0 Å². The van der Waals surface area contributed by atoms with Crippen LogP contribution in [0.5, 0.6) is 0 Å². The summed E-state index contributed by atoms with van der Waals surface area (Å²) >= 11 is 1.44. The highest BCUT2D eigenvalue weighted by Crippen LogP contribution is 2.22. The number of rotatable bonds is 7. The molecular weight excluding hydrogens is 198 g/mol. The van der Waals surface area contributed by atoms with Crippen LogP contribution >= 0.6 is 11.8 Å². The SMILES string of the molecule is CC(C)(C#N)CCCCSCC(=O)O. The van der Waals surface area contributed by atoms with Crippen LogP contribution in [-0.2, 0) is 4.79 Å². The van der Waals surface area contributed by atoms with E-state index >= 15 is 0 Å². The van der Waals surface area contributed by atoms with Crippen LogP contribution in [-0.4, -0.2) is 22.6 Å². The molecule has 0 heterocycles. The quantitative estimate of drug-likeness (QED) is 0.663. The highest BCUT2D eigenvalue weighted by atomic mass is 32.2. The molecule has 0 atom stereocenters. The normalized spacial score (nSPS) is 10.9. The Morgan fingerprint density at radius 1 is 1.50 bits per heavy atom. The predicted molar refractivity (Wildman–Crippen MR) is 58.2 cm³/mol. The van der Waals surface area contributed by atoms with Crippen molar-refractivity contribution in [2.75, 3.05) is 11.5 Å². The minimum atomic E-state index is -0.757. The number of nitrogens with zero attached hydrogens (tertiary/aromatic N) is 1. The fraction of sp³-hybridized carbons (Fsp3) is 0.800. The standard InChI is InChI=1S/C10H17NO2S/c1-10(2,8-11)5-3-4-6-14-7-9(12)13/h3-7H2,1-2H3,(H,12,13). The van der Waals surface area contributed by atoms with Gasteiger partial charge in [-0.1, -0.05) is 6.42 Å². The molecule has 0 rings (SSSR count). The van der Waals surface area contributed by atoms with E-state index in [1.807, 2.05) is 13.8 Å². The smallest absolute Gasteiger partial charge is 0.313 e. The van der Waals surface area contributed by atoms with E-state index in [2.05, 4.69) is 6.07 Å². The van der Waals surface area contributed by atoms with Crippen LogP contribution in [0.1, 0.15) is 33.1 Å². The summed E-state index contributed by atoms with van der Waals surface area (Å²) in [6.07, 6.45) is 2.87. The Balaban J connectivity index is 3.31. The summed E-state index contributed by atoms with van der Waals surface area (Å²) in [5.74, 6) is 0.294. The highest BCUT2D eigenvalue weighted by molar-refractivity contribution is 7.99. The fourth-order valence-corrected chi connectivity index (χ4v) is 1.71. The highest BCUT2D eigenvalue weighted by Gasteiger charge is 2.15. The van der Waals surface area contributed by atoms with Crippen molar-refractivity contribution in [1.82, 2.24) is 0 Å². The lowest BCUT2D eigenvalue weighted by Crippen LogP contribution is -2.07. The molecule has 0 unspecified atom stereocenters. The van der Waals surface area contributed by atoms with Gasteiger partial charge in [0.25, 0.3) is 0 Å². The van der Waals surface area contributed by atoms with Crippen LogP contribution in [0.3, 0.4) is 0 Å². The first-order chi connectivity index (χ1) is 6.48. The van der Waals surface area contributed by atoms with Crippen molar-refractivity contribution in [2.24, 2.45) is 5.41 Å². The number of carboxylic acid groups (broad SMARTS) is 1. The van der Waals surface area contributed by atoms with E-state index < -0.39 is 5.97 Å². The number of thioether (sulfide) groups is 1.